The van der Waals surface area contributed by atoms with E-state index in [4.69, 9.17) is 5.73 Å². The number of carbonyl (C=O) groups is 2. The Morgan fingerprint density at radius 3 is 2.78 bits per heavy atom. The monoisotopic (exact) mass is 248 g/mol. The lowest BCUT2D eigenvalue weighted by Gasteiger charge is -2.32. The number of hydrogen-bond donors (Lipinski definition) is 2. The number of rotatable bonds is 2. The second-order valence-corrected chi connectivity index (χ2v) is 4.45. The Balaban J connectivity index is 2.24. The van der Waals surface area contributed by atoms with Crippen molar-refractivity contribution < 1.29 is 9.59 Å². The molecule has 1 unspecified atom stereocenters. The van der Waals surface area contributed by atoms with Crippen LogP contribution in [-0.4, -0.2) is 29.4 Å². The summed E-state index contributed by atoms with van der Waals surface area (Å²) in [5.74, 6) is -0.00408. The summed E-state index contributed by atoms with van der Waals surface area (Å²) in [5, 5.41) is 2.29. The van der Waals surface area contributed by atoms with Gasteiger partial charge in [0, 0.05) is 12.2 Å². The Morgan fingerprint density at radius 1 is 1.50 bits per heavy atom. The maximum absolute atomic E-state index is 11.5. The van der Waals surface area contributed by atoms with Gasteiger partial charge in [-0.15, -0.1) is 0 Å². The first-order valence-corrected chi connectivity index (χ1v) is 5.81. The molecule has 1 aromatic heterocycles. The average Bonchev–Trinajstić information content (AvgIpc) is 2.34. The molecule has 1 aromatic rings. The van der Waals surface area contributed by atoms with Gasteiger partial charge in [0.25, 0.3) is 0 Å². The highest BCUT2D eigenvalue weighted by Gasteiger charge is 2.30. The van der Waals surface area contributed by atoms with Crippen LogP contribution in [-0.2, 0) is 9.59 Å². The van der Waals surface area contributed by atoms with Gasteiger partial charge in [-0.05, 0) is 25.5 Å². The Bertz CT molecular complexity index is 469. The van der Waals surface area contributed by atoms with Gasteiger partial charge < -0.3 is 10.6 Å². The largest absolute Gasteiger partial charge is 0.336 e. The molecule has 1 saturated heterocycles. The van der Waals surface area contributed by atoms with Crippen LogP contribution in [0.2, 0.25) is 0 Å². The van der Waals surface area contributed by atoms with Gasteiger partial charge in [0.15, 0.2) is 0 Å². The molecule has 1 aliphatic heterocycles. The van der Waals surface area contributed by atoms with Crippen LogP contribution in [0.4, 0.5) is 5.82 Å². The van der Waals surface area contributed by atoms with Crippen molar-refractivity contribution in [3.05, 3.63) is 23.9 Å². The van der Waals surface area contributed by atoms with E-state index in [2.05, 4.69) is 10.3 Å². The van der Waals surface area contributed by atoms with Gasteiger partial charge in [-0.2, -0.15) is 0 Å². The van der Waals surface area contributed by atoms with E-state index in [1.54, 1.807) is 24.1 Å². The maximum Gasteiger partial charge on any atom is 0.249 e. The first-order chi connectivity index (χ1) is 8.49. The molecule has 0 radical (unpaired) electrons. The number of hydrogen-bond acceptors (Lipinski definition) is 5. The minimum Gasteiger partial charge on any atom is -0.336 e. The number of nitrogens with one attached hydrogen (secondary N) is 1. The molecule has 2 heterocycles. The third kappa shape index (κ3) is 2.33. The molecule has 1 aliphatic rings. The highest BCUT2D eigenvalue weighted by molar-refractivity contribution is 6.04. The SMILES string of the molecule is CC1C(=O)NC(=O)CN1c1ccc([C@@H](C)N)cn1. The number of amides is 2. The van der Waals surface area contributed by atoms with E-state index in [0.717, 1.165) is 5.56 Å². The highest BCUT2D eigenvalue weighted by atomic mass is 16.2. The molecular formula is C12H16N4O2. The minimum atomic E-state index is -0.406. The van der Waals surface area contributed by atoms with E-state index in [0.29, 0.717) is 5.82 Å². The molecule has 0 aromatic carbocycles. The van der Waals surface area contributed by atoms with E-state index in [-0.39, 0.29) is 24.4 Å². The molecule has 0 aliphatic carbocycles. The fourth-order valence-electron chi connectivity index (χ4n) is 1.83. The van der Waals surface area contributed by atoms with Gasteiger partial charge in [0.1, 0.15) is 11.9 Å². The Kier molecular flexibility index (Phi) is 3.29. The first kappa shape index (κ1) is 12.5. The van der Waals surface area contributed by atoms with Crippen molar-refractivity contribution in [1.29, 1.82) is 0 Å². The molecule has 96 valence electrons. The standard InChI is InChI=1S/C12H16N4O2/c1-7(13)9-3-4-10(14-5-9)16-6-11(17)15-12(18)8(16)2/h3-5,7-8H,6,13H2,1-2H3,(H,15,17,18)/t7-,8?/m1/s1. The predicted octanol–water partition coefficient (Wildman–Crippen LogP) is -0.0474. The van der Waals surface area contributed by atoms with Crippen molar-refractivity contribution in [2.45, 2.75) is 25.9 Å². The molecule has 2 rings (SSSR count). The third-order valence-electron chi connectivity index (χ3n) is 3.01. The molecule has 6 heteroatoms. The number of imide groups is 1. The summed E-state index contributed by atoms with van der Waals surface area (Å²) in [7, 11) is 0. The van der Waals surface area contributed by atoms with Crippen molar-refractivity contribution in [2.75, 3.05) is 11.4 Å². The zero-order valence-corrected chi connectivity index (χ0v) is 10.4. The van der Waals surface area contributed by atoms with Crippen LogP contribution in [0.3, 0.4) is 0 Å². The summed E-state index contributed by atoms with van der Waals surface area (Å²) in [6, 6.07) is 3.14. The van der Waals surface area contributed by atoms with Crippen LogP contribution in [0, 0.1) is 0 Å². The fraction of sp³-hybridized carbons (Fsp3) is 0.417. The summed E-state index contributed by atoms with van der Waals surface area (Å²) in [4.78, 5) is 28.8. The van der Waals surface area contributed by atoms with Crippen LogP contribution in [0.1, 0.15) is 25.5 Å². The van der Waals surface area contributed by atoms with Crippen LogP contribution in [0.25, 0.3) is 0 Å². The van der Waals surface area contributed by atoms with Crippen LogP contribution in [0.5, 0.6) is 0 Å². The minimum absolute atomic E-state index is 0.0877. The zero-order chi connectivity index (χ0) is 13.3. The van der Waals surface area contributed by atoms with Gasteiger partial charge in [0.05, 0.1) is 6.54 Å². The second-order valence-electron chi connectivity index (χ2n) is 4.45. The summed E-state index contributed by atoms with van der Waals surface area (Å²) in [5.41, 5.74) is 6.66. The number of carbonyl (C=O) groups excluding carboxylic acids is 2. The Morgan fingerprint density at radius 2 is 2.22 bits per heavy atom. The summed E-state index contributed by atoms with van der Waals surface area (Å²) in [6.45, 7) is 3.75. The van der Waals surface area contributed by atoms with Gasteiger partial charge in [-0.25, -0.2) is 4.98 Å². The van der Waals surface area contributed by atoms with Gasteiger partial charge >= 0.3 is 0 Å². The molecule has 0 spiro atoms. The van der Waals surface area contributed by atoms with E-state index in [1.165, 1.54) is 0 Å². The predicted molar refractivity (Wildman–Crippen MR) is 66.8 cm³/mol. The fourth-order valence-corrected chi connectivity index (χ4v) is 1.83. The number of piperazine rings is 1. The van der Waals surface area contributed by atoms with Crippen molar-refractivity contribution >= 4 is 17.6 Å². The third-order valence-corrected chi connectivity index (χ3v) is 3.01. The van der Waals surface area contributed by atoms with Crippen molar-refractivity contribution in [2.24, 2.45) is 5.73 Å². The van der Waals surface area contributed by atoms with Crippen molar-refractivity contribution in [3.63, 3.8) is 0 Å². The molecule has 18 heavy (non-hydrogen) atoms. The zero-order valence-electron chi connectivity index (χ0n) is 10.4. The van der Waals surface area contributed by atoms with E-state index in [9.17, 15) is 9.59 Å². The molecular weight excluding hydrogens is 232 g/mol. The summed E-state index contributed by atoms with van der Waals surface area (Å²) < 4.78 is 0. The topological polar surface area (TPSA) is 88.3 Å². The smallest absolute Gasteiger partial charge is 0.249 e. The molecule has 1 fully saturated rings. The lowest BCUT2D eigenvalue weighted by atomic mass is 10.1. The lowest BCUT2D eigenvalue weighted by molar-refractivity contribution is -0.132. The Hall–Kier alpha value is -1.95. The normalized spacial score (nSPS) is 21.7. The van der Waals surface area contributed by atoms with E-state index < -0.39 is 6.04 Å². The highest BCUT2D eigenvalue weighted by Crippen LogP contribution is 2.18. The second kappa shape index (κ2) is 4.73. The number of nitrogens with zero attached hydrogens (tertiary/aromatic N) is 2. The average molecular weight is 248 g/mol. The number of pyridine rings is 1. The molecule has 0 saturated carbocycles. The summed E-state index contributed by atoms with van der Waals surface area (Å²) in [6.07, 6.45) is 1.67. The lowest BCUT2D eigenvalue weighted by Crippen LogP contribution is -2.57. The molecule has 6 nitrogen and oxygen atoms in total. The summed E-state index contributed by atoms with van der Waals surface area (Å²) >= 11 is 0. The van der Waals surface area contributed by atoms with Gasteiger partial charge in [0.2, 0.25) is 11.8 Å². The van der Waals surface area contributed by atoms with Crippen molar-refractivity contribution in [3.8, 4) is 0 Å². The van der Waals surface area contributed by atoms with Gasteiger partial charge in [-0.1, -0.05) is 6.07 Å². The van der Waals surface area contributed by atoms with Crippen LogP contribution in [0.15, 0.2) is 18.3 Å². The number of nitrogens with two attached hydrogens (primary N) is 1. The van der Waals surface area contributed by atoms with E-state index >= 15 is 0 Å². The Labute approximate surface area is 105 Å². The maximum atomic E-state index is 11.5. The first-order valence-electron chi connectivity index (χ1n) is 5.81. The van der Waals surface area contributed by atoms with Crippen molar-refractivity contribution in [1.82, 2.24) is 10.3 Å². The van der Waals surface area contributed by atoms with E-state index in [1.807, 2.05) is 13.0 Å². The van der Waals surface area contributed by atoms with Crippen LogP contribution < -0.4 is 16.0 Å². The number of aromatic nitrogens is 1. The molecule has 3 N–H and O–H groups in total. The number of anilines is 1. The molecule has 2 atom stereocenters. The molecule has 2 amide bonds. The van der Waals surface area contributed by atoms with Crippen LogP contribution >= 0.6 is 0 Å². The van der Waals surface area contributed by atoms with Gasteiger partial charge in [-0.3, -0.25) is 14.9 Å². The quantitative estimate of drug-likeness (QED) is 0.716. The molecule has 0 bridgehead atoms.